The van der Waals surface area contributed by atoms with Gasteiger partial charge >= 0.3 is 7.12 Å². The van der Waals surface area contributed by atoms with Crippen LogP contribution in [0.3, 0.4) is 0 Å². The van der Waals surface area contributed by atoms with Crippen LogP contribution in [0.2, 0.25) is 0 Å². The SMILES string of the molecule is CC1(C)OB(c2ccc(-c3ccc4c(c3)-c3ccccc3S4(=O)=O)cc2)OC1(C)C. The van der Waals surface area contributed by atoms with Gasteiger partial charge in [-0.1, -0.05) is 48.5 Å². The van der Waals surface area contributed by atoms with Crippen LogP contribution in [0.5, 0.6) is 0 Å². The molecule has 0 aliphatic carbocycles. The van der Waals surface area contributed by atoms with E-state index in [1.165, 1.54) is 0 Å². The minimum Gasteiger partial charge on any atom is -0.399 e. The Kier molecular flexibility index (Phi) is 4.10. The smallest absolute Gasteiger partial charge is 0.399 e. The first-order valence-electron chi connectivity index (χ1n) is 10.0. The van der Waals surface area contributed by atoms with E-state index in [0.29, 0.717) is 9.79 Å². The molecule has 5 rings (SSSR count). The number of hydrogen-bond acceptors (Lipinski definition) is 4. The Labute approximate surface area is 177 Å². The highest BCUT2D eigenvalue weighted by molar-refractivity contribution is 7.92. The molecule has 0 atom stereocenters. The zero-order valence-electron chi connectivity index (χ0n) is 17.5. The van der Waals surface area contributed by atoms with Crippen LogP contribution in [0.4, 0.5) is 0 Å². The van der Waals surface area contributed by atoms with E-state index in [1.54, 1.807) is 18.2 Å². The molecule has 0 amide bonds. The fraction of sp³-hybridized carbons (Fsp3) is 0.250. The fourth-order valence-electron chi connectivity index (χ4n) is 4.01. The first-order valence-corrected chi connectivity index (χ1v) is 11.5. The lowest BCUT2D eigenvalue weighted by Crippen LogP contribution is -2.41. The van der Waals surface area contributed by atoms with Crippen LogP contribution in [-0.4, -0.2) is 26.7 Å². The second-order valence-electron chi connectivity index (χ2n) is 8.92. The van der Waals surface area contributed by atoms with Crippen molar-refractivity contribution >= 4 is 22.4 Å². The highest BCUT2D eigenvalue weighted by Crippen LogP contribution is 2.44. The van der Waals surface area contributed by atoms with Gasteiger partial charge < -0.3 is 9.31 Å². The summed E-state index contributed by atoms with van der Waals surface area (Å²) in [5.41, 5.74) is 3.72. The molecule has 1 saturated heterocycles. The predicted octanol–water partition coefficient (Wildman–Crippen LogP) is 4.47. The Hall–Kier alpha value is -2.41. The zero-order valence-corrected chi connectivity index (χ0v) is 18.3. The molecule has 3 aromatic carbocycles. The number of benzene rings is 3. The van der Waals surface area contributed by atoms with Crippen molar-refractivity contribution in [2.45, 2.75) is 48.7 Å². The summed E-state index contributed by atoms with van der Waals surface area (Å²) >= 11 is 0. The van der Waals surface area contributed by atoms with E-state index >= 15 is 0 Å². The van der Waals surface area contributed by atoms with Crippen LogP contribution in [0.25, 0.3) is 22.3 Å². The molecule has 0 spiro atoms. The van der Waals surface area contributed by atoms with Crippen LogP contribution in [0.15, 0.2) is 76.5 Å². The van der Waals surface area contributed by atoms with E-state index < -0.39 is 17.0 Å². The molecule has 0 N–H and O–H groups in total. The van der Waals surface area contributed by atoms with Gasteiger partial charge in [0.05, 0.1) is 21.0 Å². The van der Waals surface area contributed by atoms with Crippen molar-refractivity contribution in [1.82, 2.24) is 0 Å². The predicted molar refractivity (Wildman–Crippen MR) is 118 cm³/mol. The molecule has 152 valence electrons. The van der Waals surface area contributed by atoms with Crippen molar-refractivity contribution < 1.29 is 17.7 Å². The minimum atomic E-state index is -3.44. The Morgan fingerprint density at radius 2 is 1.27 bits per heavy atom. The second kappa shape index (κ2) is 6.30. The largest absolute Gasteiger partial charge is 0.494 e. The third-order valence-corrected chi connectivity index (χ3v) is 8.38. The van der Waals surface area contributed by atoms with E-state index in [4.69, 9.17) is 9.31 Å². The Morgan fingerprint density at radius 1 is 0.700 bits per heavy atom. The topological polar surface area (TPSA) is 52.6 Å². The zero-order chi connectivity index (χ0) is 21.3. The van der Waals surface area contributed by atoms with E-state index in [-0.39, 0.29) is 11.2 Å². The molecule has 0 bridgehead atoms. The number of rotatable bonds is 2. The van der Waals surface area contributed by atoms with Crippen LogP contribution in [0.1, 0.15) is 27.7 Å². The van der Waals surface area contributed by atoms with Crippen LogP contribution in [-0.2, 0) is 19.1 Å². The van der Waals surface area contributed by atoms with E-state index in [2.05, 4.69) is 0 Å². The van der Waals surface area contributed by atoms with Crippen molar-refractivity contribution in [2.75, 3.05) is 0 Å². The third kappa shape index (κ3) is 2.78. The number of fused-ring (bicyclic) bond motifs is 3. The molecule has 6 heteroatoms. The van der Waals surface area contributed by atoms with E-state index in [0.717, 1.165) is 27.7 Å². The molecule has 0 saturated carbocycles. The van der Waals surface area contributed by atoms with Crippen LogP contribution < -0.4 is 5.46 Å². The maximum atomic E-state index is 12.8. The molecule has 2 heterocycles. The first-order chi connectivity index (χ1) is 14.1. The lowest BCUT2D eigenvalue weighted by atomic mass is 9.78. The monoisotopic (exact) mass is 418 g/mol. The first kappa shape index (κ1) is 19.6. The summed E-state index contributed by atoms with van der Waals surface area (Å²) in [4.78, 5) is 0.759. The molecule has 1 fully saturated rings. The molecular weight excluding hydrogens is 395 g/mol. The summed E-state index contributed by atoms with van der Waals surface area (Å²) in [6.45, 7) is 8.16. The lowest BCUT2D eigenvalue weighted by molar-refractivity contribution is 0.00578. The quantitative estimate of drug-likeness (QED) is 0.451. The third-order valence-electron chi connectivity index (χ3n) is 6.51. The molecule has 0 unspecified atom stereocenters. The van der Waals surface area contributed by atoms with Gasteiger partial charge in [-0.05, 0) is 62.5 Å². The summed E-state index contributed by atoms with van der Waals surface area (Å²) in [7, 11) is -3.84. The number of sulfone groups is 1. The fourth-order valence-corrected chi connectivity index (χ4v) is 5.68. The molecule has 0 radical (unpaired) electrons. The summed E-state index contributed by atoms with van der Waals surface area (Å²) in [5.74, 6) is 0. The molecule has 30 heavy (non-hydrogen) atoms. The minimum absolute atomic E-state index is 0.376. The standard InChI is InChI=1S/C24H23BO4S/c1-23(2)24(3,4)29-25(28-23)18-12-9-16(10-13-18)17-11-14-22-20(15-17)19-7-5-6-8-21(19)30(22,26)27/h5-15H,1-4H3. The highest BCUT2D eigenvalue weighted by Gasteiger charge is 2.51. The summed E-state index contributed by atoms with van der Waals surface area (Å²) in [6, 6.07) is 20.8. The van der Waals surface area contributed by atoms with E-state index in [9.17, 15) is 8.42 Å². The van der Waals surface area contributed by atoms with Crippen molar-refractivity contribution in [3.8, 4) is 22.3 Å². The molecule has 4 nitrogen and oxygen atoms in total. The van der Waals surface area contributed by atoms with Gasteiger partial charge in [0.2, 0.25) is 9.84 Å². The molecule has 3 aromatic rings. The molecule has 0 aromatic heterocycles. The van der Waals surface area contributed by atoms with E-state index in [1.807, 2.05) is 76.2 Å². The maximum Gasteiger partial charge on any atom is 0.494 e. The average molecular weight is 418 g/mol. The molecule has 2 aliphatic heterocycles. The average Bonchev–Trinajstić information content (AvgIpc) is 3.08. The molecular formula is C24H23BO4S. The summed E-state index contributed by atoms with van der Waals surface area (Å²) < 4.78 is 37.8. The summed E-state index contributed by atoms with van der Waals surface area (Å²) in [5, 5.41) is 0. The van der Waals surface area contributed by atoms with Gasteiger partial charge in [-0.2, -0.15) is 0 Å². The lowest BCUT2D eigenvalue weighted by Gasteiger charge is -2.32. The van der Waals surface area contributed by atoms with Crippen molar-refractivity contribution in [3.05, 3.63) is 66.7 Å². The van der Waals surface area contributed by atoms with Gasteiger partial charge in [0.1, 0.15) is 0 Å². The van der Waals surface area contributed by atoms with Crippen molar-refractivity contribution in [2.24, 2.45) is 0 Å². The normalized spacial score (nSPS) is 20.1. The van der Waals surface area contributed by atoms with Crippen LogP contribution >= 0.6 is 0 Å². The van der Waals surface area contributed by atoms with Gasteiger partial charge in [-0.25, -0.2) is 8.42 Å². The second-order valence-corrected chi connectivity index (χ2v) is 10.8. The Morgan fingerprint density at radius 3 is 1.93 bits per heavy atom. The van der Waals surface area contributed by atoms with Crippen molar-refractivity contribution in [1.29, 1.82) is 0 Å². The highest BCUT2D eigenvalue weighted by atomic mass is 32.2. The number of hydrogen-bond donors (Lipinski definition) is 0. The Balaban J connectivity index is 1.49. The van der Waals surface area contributed by atoms with Gasteiger partial charge in [-0.15, -0.1) is 0 Å². The van der Waals surface area contributed by atoms with Crippen LogP contribution in [0, 0.1) is 0 Å². The van der Waals surface area contributed by atoms with Gasteiger partial charge in [0.25, 0.3) is 0 Å². The van der Waals surface area contributed by atoms with Gasteiger partial charge in [0.15, 0.2) is 0 Å². The van der Waals surface area contributed by atoms with Gasteiger partial charge in [0, 0.05) is 11.1 Å². The maximum absolute atomic E-state index is 12.8. The van der Waals surface area contributed by atoms with Gasteiger partial charge in [-0.3, -0.25) is 0 Å². The van der Waals surface area contributed by atoms with Crippen molar-refractivity contribution in [3.63, 3.8) is 0 Å². The Bertz CT molecular complexity index is 1240. The molecule has 2 aliphatic rings. The summed E-state index contributed by atoms with van der Waals surface area (Å²) in [6.07, 6.45) is 0.